The quantitative estimate of drug-likeness (QED) is 0.641. The van der Waals surface area contributed by atoms with Crippen LogP contribution in [0.25, 0.3) is 0 Å². The van der Waals surface area contributed by atoms with Crippen LogP contribution in [0.1, 0.15) is 26.7 Å². The second-order valence-electron chi connectivity index (χ2n) is 3.53. The SMILES string of the molecule is CC(C)C(=O)ON1CC(=O)CCC1=O. The summed E-state index contributed by atoms with van der Waals surface area (Å²) in [5.41, 5.74) is 0. The molecule has 0 unspecified atom stereocenters. The van der Waals surface area contributed by atoms with Gasteiger partial charge in [-0.3, -0.25) is 9.59 Å². The van der Waals surface area contributed by atoms with Crippen LogP contribution in [0.5, 0.6) is 0 Å². The number of Topliss-reactive ketones (excluding diaryl/α,β-unsaturated/α-hetero) is 1. The molecule has 1 fully saturated rings. The predicted molar refractivity (Wildman–Crippen MR) is 46.9 cm³/mol. The van der Waals surface area contributed by atoms with Crippen molar-refractivity contribution in [3.05, 3.63) is 0 Å². The van der Waals surface area contributed by atoms with Gasteiger partial charge in [0.1, 0.15) is 6.54 Å². The van der Waals surface area contributed by atoms with Crippen molar-refractivity contribution >= 4 is 17.7 Å². The standard InChI is InChI=1S/C9H13NO4/c1-6(2)9(13)14-10-5-7(11)3-4-8(10)12/h6H,3-5H2,1-2H3. The third-order valence-electron chi connectivity index (χ3n) is 1.89. The molecule has 0 aromatic heterocycles. The van der Waals surface area contributed by atoms with Crippen molar-refractivity contribution < 1.29 is 19.2 Å². The Morgan fingerprint density at radius 1 is 1.36 bits per heavy atom. The van der Waals surface area contributed by atoms with E-state index in [0.29, 0.717) is 0 Å². The van der Waals surface area contributed by atoms with Crippen molar-refractivity contribution in [2.45, 2.75) is 26.7 Å². The van der Waals surface area contributed by atoms with E-state index in [1.165, 1.54) is 0 Å². The molecule has 0 spiro atoms. The number of rotatable bonds is 2. The molecule has 0 atom stereocenters. The maximum Gasteiger partial charge on any atom is 0.335 e. The number of hydrogen-bond donors (Lipinski definition) is 0. The van der Waals surface area contributed by atoms with Gasteiger partial charge in [-0.1, -0.05) is 13.8 Å². The zero-order valence-electron chi connectivity index (χ0n) is 8.28. The van der Waals surface area contributed by atoms with Crippen LogP contribution >= 0.6 is 0 Å². The van der Waals surface area contributed by atoms with E-state index in [4.69, 9.17) is 4.84 Å². The number of ketones is 1. The molecule has 1 rings (SSSR count). The van der Waals surface area contributed by atoms with Crippen LogP contribution in [-0.2, 0) is 19.2 Å². The van der Waals surface area contributed by atoms with Gasteiger partial charge in [0.25, 0.3) is 5.91 Å². The monoisotopic (exact) mass is 199 g/mol. The Balaban J connectivity index is 2.54. The Morgan fingerprint density at radius 2 is 2.00 bits per heavy atom. The maximum absolute atomic E-state index is 11.2. The first kappa shape index (κ1) is 10.7. The van der Waals surface area contributed by atoms with Crippen molar-refractivity contribution in [2.24, 2.45) is 5.92 Å². The van der Waals surface area contributed by atoms with E-state index >= 15 is 0 Å². The van der Waals surface area contributed by atoms with Crippen molar-refractivity contribution in [3.63, 3.8) is 0 Å². The molecule has 0 radical (unpaired) electrons. The van der Waals surface area contributed by atoms with E-state index in [-0.39, 0.29) is 37.0 Å². The number of hydroxylamine groups is 2. The van der Waals surface area contributed by atoms with Gasteiger partial charge in [0.15, 0.2) is 5.78 Å². The molecule has 0 aromatic carbocycles. The molecule has 0 aromatic rings. The molecule has 0 N–H and O–H groups in total. The average molecular weight is 199 g/mol. The minimum Gasteiger partial charge on any atom is -0.337 e. The van der Waals surface area contributed by atoms with Crippen LogP contribution in [0.4, 0.5) is 0 Å². The van der Waals surface area contributed by atoms with Crippen molar-refractivity contribution in [3.8, 4) is 0 Å². The van der Waals surface area contributed by atoms with E-state index in [2.05, 4.69) is 0 Å². The van der Waals surface area contributed by atoms with Gasteiger partial charge in [-0.05, 0) is 0 Å². The molecule has 5 nitrogen and oxygen atoms in total. The minimum atomic E-state index is -0.493. The molecule has 1 heterocycles. The van der Waals surface area contributed by atoms with Crippen molar-refractivity contribution in [1.82, 2.24) is 5.06 Å². The summed E-state index contributed by atoms with van der Waals surface area (Å²) >= 11 is 0. The van der Waals surface area contributed by atoms with Gasteiger partial charge in [0.05, 0.1) is 5.92 Å². The fourth-order valence-electron chi connectivity index (χ4n) is 0.996. The van der Waals surface area contributed by atoms with Crippen LogP contribution < -0.4 is 0 Å². The van der Waals surface area contributed by atoms with Crippen LogP contribution in [-0.4, -0.2) is 29.3 Å². The van der Waals surface area contributed by atoms with E-state index in [0.717, 1.165) is 5.06 Å². The van der Waals surface area contributed by atoms with E-state index in [1.54, 1.807) is 13.8 Å². The average Bonchev–Trinajstić information content (AvgIpc) is 2.11. The van der Waals surface area contributed by atoms with Crippen LogP contribution in [0.2, 0.25) is 0 Å². The Morgan fingerprint density at radius 3 is 2.57 bits per heavy atom. The molecule has 0 bridgehead atoms. The molecule has 0 saturated carbocycles. The van der Waals surface area contributed by atoms with Gasteiger partial charge in [0, 0.05) is 12.8 Å². The minimum absolute atomic E-state index is 0.0823. The molecule has 78 valence electrons. The van der Waals surface area contributed by atoms with Gasteiger partial charge >= 0.3 is 5.97 Å². The van der Waals surface area contributed by atoms with Gasteiger partial charge in [-0.25, -0.2) is 4.79 Å². The van der Waals surface area contributed by atoms with Crippen LogP contribution in [0, 0.1) is 5.92 Å². The lowest BCUT2D eigenvalue weighted by atomic mass is 10.1. The second-order valence-corrected chi connectivity index (χ2v) is 3.53. The summed E-state index contributed by atoms with van der Waals surface area (Å²) in [5, 5.41) is 0.855. The van der Waals surface area contributed by atoms with Gasteiger partial charge < -0.3 is 4.84 Å². The first-order valence-electron chi connectivity index (χ1n) is 4.54. The fourth-order valence-corrected chi connectivity index (χ4v) is 0.996. The summed E-state index contributed by atoms with van der Waals surface area (Å²) in [4.78, 5) is 38.1. The largest absolute Gasteiger partial charge is 0.337 e. The summed E-state index contributed by atoms with van der Waals surface area (Å²) in [5.74, 6) is -1.19. The number of hydrogen-bond acceptors (Lipinski definition) is 4. The lowest BCUT2D eigenvalue weighted by Gasteiger charge is -2.24. The number of amides is 1. The van der Waals surface area contributed by atoms with Gasteiger partial charge in [0.2, 0.25) is 0 Å². The van der Waals surface area contributed by atoms with E-state index in [1.807, 2.05) is 0 Å². The third kappa shape index (κ3) is 2.55. The smallest absolute Gasteiger partial charge is 0.335 e. The molecule has 14 heavy (non-hydrogen) atoms. The summed E-state index contributed by atoms with van der Waals surface area (Å²) in [6, 6.07) is 0. The zero-order chi connectivity index (χ0) is 10.7. The number of carbonyl (C=O) groups is 3. The topological polar surface area (TPSA) is 63.7 Å². The van der Waals surface area contributed by atoms with E-state index in [9.17, 15) is 14.4 Å². The Labute approximate surface area is 82.0 Å². The number of carbonyl (C=O) groups excluding carboxylic acids is 3. The second kappa shape index (κ2) is 4.21. The van der Waals surface area contributed by atoms with Crippen LogP contribution in [0.15, 0.2) is 0 Å². The lowest BCUT2D eigenvalue weighted by molar-refractivity contribution is -0.203. The highest BCUT2D eigenvalue weighted by Gasteiger charge is 2.27. The maximum atomic E-state index is 11.2. The molecule has 1 amide bonds. The molecular weight excluding hydrogens is 186 g/mol. The fraction of sp³-hybridized carbons (Fsp3) is 0.667. The van der Waals surface area contributed by atoms with Crippen molar-refractivity contribution in [1.29, 1.82) is 0 Å². The summed E-state index contributed by atoms with van der Waals surface area (Å²) < 4.78 is 0. The van der Waals surface area contributed by atoms with Gasteiger partial charge in [-0.2, -0.15) is 5.06 Å². The third-order valence-corrected chi connectivity index (χ3v) is 1.89. The first-order valence-corrected chi connectivity index (χ1v) is 4.54. The highest BCUT2D eigenvalue weighted by Crippen LogP contribution is 2.09. The summed E-state index contributed by atoms with van der Waals surface area (Å²) in [7, 11) is 0. The number of piperidine rings is 1. The van der Waals surface area contributed by atoms with Gasteiger partial charge in [-0.15, -0.1) is 0 Å². The Kier molecular flexibility index (Phi) is 3.22. The summed E-state index contributed by atoms with van der Waals surface area (Å²) in [6.07, 6.45) is 0.374. The van der Waals surface area contributed by atoms with E-state index < -0.39 is 5.97 Å². The highest BCUT2D eigenvalue weighted by atomic mass is 16.7. The molecule has 0 aliphatic carbocycles. The van der Waals surface area contributed by atoms with Crippen molar-refractivity contribution in [2.75, 3.05) is 6.54 Å². The molecule has 1 aliphatic heterocycles. The molecule has 1 saturated heterocycles. The molecule has 5 heteroatoms. The predicted octanol–water partition coefficient (Wildman–Crippen LogP) is 0.292. The summed E-state index contributed by atoms with van der Waals surface area (Å²) in [6.45, 7) is 3.22. The Bertz CT molecular complexity index is 272. The Hall–Kier alpha value is -1.39. The number of nitrogens with zero attached hydrogens (tertiary/aromatic N) is 1. The zero-order valence-corrected chi connectivity index (χ0v) is 8.28. The first-order chi connectivity index (χ1) is 6.50. The van der Waals surface area contributed by atoms with Crippen LogP contribution in [0.3, 0.4) is 0 Å². The molecule has 1 aliphatic rings. The molecular formula is C9H13NO4. The lowest BCUT2D eigenvalue weighted by Crippen LogP contribution is -2.42. The normalized spacial score (nSPS) is 17.5. The highest BCUT2D eigenvalue weighted by molar-refractivity contribution is 5.92.